The molecule has 7 nitrogen and oxygen atoms in total. The summed E-state index contributed by atoms with van der Waals surface area (Å²) in [5, 5.41) is 14.5. The molecule has 1 aromatic heterocycles. The van der Waals surface area contributed by atoms with Crippen LogP contribution in [0.25, 0.3) is 0 Å². The molecule has 1 aromatic carbocycles. The fourth-order valence-corrected chi connectivity index (χ4v) is 3.30. The van der Waals surface area contributed by atoms with Crippen molar-refractivity contribution in [3.05, 3.63) is 29.8 Å². The Morgan fingerprint density at radius 1 is 1.12 bits per heavy atom. The molecule has 0 bridgehead atoms. The standard InChI is InChI=1S/C19H30N6O/c1-24-19(21-22-23-24)20-11-8-14-26-18-10-7-9-17(15-18)16-25-12-5-3-2-4-6-13-25/h7,9-10,15H,2-6,8,11-14,16H2,1H3,(H,20,21,23). The second kappa shape index (κ2) is 10.1. The van der Waals surface area contributed by atoms with E-state index in [1.807, 2.05) is 13.1 Å². The van der Waals surface area contributed by atoms with Crippen LogP contribution in [0.4, 0.5) is 5.95 Å². The first kappa shape index (κ1) is 18.6. The number of hydrogen-bond acceptors (Lipinski definition) is 6. The normalized spacial score (nSPS) is 16.0. The van der Waals surface area contributed by atoms with Crippen molar-refractivity contribution in [2.24, 2.45) is 7.05 Å². The Labute approximate surface area is 155 Å². The Hall–Kier alpha value is -2.15. The fourth-order valence-electron chi connectivity index (χ4n) is 3.30. The van der Waals surface area contributed by atoms with E-state index in [1.54, 1.807) is 4.68 Å². The Kier molecular flexibility index (Phi) is 7.25. The Morgan fingerprint density at radius 2 is 1.92 bits per heavy atom. The van der Waals surface area contributed by atoms with Crippen LogP contribution in [0, 0.1) is 0 Å². The molecule has 0 amide bonds. The second-order valence-electron chi connectivity index (χ2n) is 6.95. The summed E-state index contributed by atoms with van der Waals surface area (Å²) in [6.45, 7) is 4.91. The molecule has 0 atom stereocenters. The maximum absolute atomic E-state index is 5.91. The van der Waals surface area contributed by atoms with E-state index in [1.165, 1.54) is 50.8 Å². The zero-order chi connectivity index (χ0) is 18.0. The third-order valence-electron chi connectivity index (χ3n) is 4.75. The molecule has 3 rings (SSSR count). The summed E-state index contributed by atoms with van der Waals surface area (Å²) in [5.41, 5.74) is 1.34. The number of nitrogens with one attached hydrogen (secondary N) is 1. The molecule has 1 aliphatic heterocycles. The predicted octanol–water partition coefficient (Wildman–Crippen LogP) is 2.86. The Morgan fingerprint density at radius 3 is 2.69 bits per heavy atom. The van der Waals surface area contributed by atoms with E-state index in [2.05, 4.69) is 43.9 Å². The van der Waals surface area contributed by atoms with Crippen LogP contribution in [-0.2, 0) is 13.6 Å². The molecular formula is C19H30N6O. The second-order valence-corrected chi connectivity index (χ2v) is 6.95. The third-order valence-corrected chi connectivity index (χ3v) is 4.75. The molecule has 2 heterocycles. The minimum absolute atomic E-state index is 0.672. The van der Waals surface area contributed by atoms with Crippen molar-refractivity contribution in [2.75, 3.05) is 31.6 Å². The minimum Gasteiger partial charge on any atom is -0.494 e. The maximum Gasteiger partial charge on any atom is 0.242 e. The summed E-state index contributed by atoms with van der Waals surface area (Å²) in [7, 11) is 1.82. The van der Waals surface area contributed by atoms with Crippen molar-refractivity contribution in [1.29, 1.82) is 0 Å². The van der Waals surface area contributed by atoms with Gasteiger partial charge in [0, 0.05) is 20.1 Å². The molecule has 1 aliphatic rings. The minimum atomic E-state index is 0.672. The SMILES string of the molecule is Cn1nnnc1NCCCOc1cccc(CN2CCCCCCC2)c1. The summed E-state index contributed by atoms with van der Waals surface area (Å²) < 4.78 is 7.53. The van der Waals surface area contributed by atoms with E-state index < -0.39 is 0 Å². The largest absolute Gasteiger partial charge is 0.494 e. The first-order valence-electron chi connectivity index (χ1n) is 9.71. The van der Waals surface area contributed by atoms with Crippen molar-refractivity contribution >= 4 is 5.95 Å². The molecule has 7 heteroatoms. The van der Waals surface area contributed by atoms with Crippen LogP contribution in [0.1, 0.15) is 44.1 Å². The van der Waals surface area contributed by atoms with Crippen LogP contribution in [-0.4, -0.2) is 51.3 Å². The van der Waals surface area contributed by atoms with E-state index in [9.17, 15) is 0 Å². The molecule has 0 unspecified atom stereocenters. The zero-order valence-corrected chi connectivity index (χ0v) is 15.7. The number of likely N-dealkylation sites (tertiary alicyclic amines) is 1. The average Bonchev–Trinajstić information content (AvgIpc) is 3.02. The molecular weight excluding hydrogens is 328 g/mol. The number of anilines is 1. The molecule has 26 heavy (non-hydrogen) atoms. The van der Waals surface area contributed by atoms with E-state index in [0.29, 0.717) is 12.6 Å². The van der Waals surface area contributed by atoms with Gasteiger partial charge in [-0.15, -0.1) is 0 Å². The lowest BCUT2D eigenvalue weighted by atomic mass is 10.1. The lowest BCUT2D eigenvalue weighted by Crippen LogP contribution is -2.26. The Balaban J connectivity index is 1.39. The third kappa shape index (κ3) is 5.98. The quantitative estimate of drug-likeness (QED) is 0.732. The van der Waals surface area contributed by atoms with Gasteiger partial charge in [0.2, 0.25) is 5.95 Å². The lowest BCUT2D eigenvalue weighted by Gasteiger charge is -2.24. The van der Waals surface area contributed by atoms with Crippen LogP contribution in [0.2, 0.25) is 0 Å². The van der Waals surface area contributed by atoms with Crippen LogP contribution in [0.3, 0.4) is 0 Å². The molecule has 0 spiro atoms. The van der Waals surface area contributed by atoms with Gasteiger partial charge in [-0.1, -0.05) is 36.5 Å². The summed E-state index contributed by atoms with van der Waals surface area (Å²) in [5.74, 6) is 1.63. The Bertz CT molecular complexity index is 651. The molecule has 2 aromatic rings. The molecule has 0 saturated carbocycles. The summed E-state index contributed by atoms with van der Waals surface area (Å²) >= 11 is 0. The van der Waals surface area contributed by atoms with Crippen molar-refractivity contribution in [2.45, 2.75) is 45.1 Å². The maximum atomic E-state index is 5.91. The van der Waals surface area contributed by atoms with E-state index in [4.69, 9.17) is 4.74 Å². The van der Waals surface area contributed by atoms with Gasteiger partial charge in [-0.05, 0) is 60.5 Å². The average molecular weight is 358 g/mol. The zero-order valence-electron chi connectivity index (χ0n) is 15.7. The van der Waals surface area contributed by atoms with Crippen LogP contribution in [0.5, 0.6) is 5.75 Å². The number of tetrazole rings is 1. The number of ether oxygens (including phenoxy) is 1. The van der Waals surface area contributed by atoms with Crippen molar-refractivity contribution in [1.82, 2.24) is 25.1 Å². The summed E-state index contributed by atoms with van der Waals surface area (Å²) in [6, 6.07) is 8.52. The van der Waals surface area contributed by atoms with Crippen LogP contribution in [0.15, 0.2) is 24.3 Å². The number of aromatic nitrogens is 4. The van der Waals surface area contributed by atoms with E-state index >= 15 is 0 Å². The first-order valence-corrected chi connectivity index (χ1v) is 9.71. The highest BCUT2D eigenvalue weighted by molar-refractivity contribution is 5.28. The molecule has 1 fully saturated rings. The van der Waals surface area contributed by atoms with Crippen molar-refractivity contribution in [3.63, 3.8) is 0 Å². The highest BCUT2D eigenvalue weighted by Gasteiger charge is 2.09. The van der Waals surface area contributed by atoms with E-state index in [0.717, 1.165) is 25.3 Å². The predicted molar refractivity (Wildman–Crippen MR) is 102 cm³/mol. The monoisotopic (exact) mass is 358 g/mol. The first-order chi connectivity index (χ1) is 12.8. The molecule has 142 valence electrons. The smallest absolute Gasteiger partial charge is 0.242 e. The van der Waals surface area contributed by atoms with Crippen LogP contribution < -0.4 is 10.1 Å². The van der Waals surface area contributed by atoms with Gasteiger partial charge in [-0.25, -0.2) is 4.68 Å². The van der Waals surface area contributed by atoms with Gasteiger partial charge in [0.1, 0.15) is 5.75 Å². The van der Waals surface area contributed by atoms with Crippen LogP contribution >= 0.6 is 0 Å². The lowest BCUT2D eigenvalue weighted by molar-refractivity contribution is 0.239. The number of rotatable bonds is 8. The molecule has 0 aliphatic carbocycles. The molecule has 0 radical (unpaired) electrons. The number of hydrogen-bond donors (Lipinski definition) is 1. The molecule has 1 saturated heterocycles. The number of aryl methyl sites for hydroxylation is 1. The fraction of sp³-hybridized carbons (Fsp3) is 0.632. The van der Waals surface area contributed by atoms with Crippen molar-refractivity contribution < 1.29 is 4.74 Å². The van der Waals surface area contributed by atoms with Gasteiger partial charge in [0.15, 0.2) is 0 Å². The van der Waals surface area contributed by atoms with Gasteiger partial charge in [-0.2, -0.15) is 0 Å². The van der Waals surface area contributed by atoms with Crippen molar-refractivity contribution in [3.8, 4) is 5.75 Å². The summed E-state index contributed by atoms with van der Waals surface area (Å²) in [4.78, 5) is 2.58. The molecule has 1 N–H and O–H groups in total. The van der Waals surface area contributed by atoms with Gasteiger partial charge >= 0.3 is 0 Å². The van der Waals surface area contributed by atoms with Gasteiger partial charge in [0.05, 0.1) is 6.61 Å². The van der Waals surface area contributed by atoms with Gasteiger partial charge in [-0.3, -0.25) is 4.90 Å². The number of benzene rings is 1. The van der Waals surface area contributed by atoms with Gasteiger partial charge < -0.3 is 10.1 Å². The van der Waals surface area contributed by atoms with E-state index in [-0.39, 0.29) is 0 Å². The number of nitrogens with zero attached hydrogens (tertiary/aromatic N) is 5. The highest BCUT2D eigenvalue weighted by Crippen LogP contribution is 2.17. The van der Waals surface area contributed by atoms with Gasteiger partial charge in [0.25, 0.3) is 0 Å². The summed E-state index contributed by atoms with van der Waals surface area (Å²) in [6.07, 6.45) is 7.69. The topological polar surface area (TPSA) is 68.1 Å². The highest BCUT2D eigenvalue weighted by atomic mass is 16.5.